The number of phenols is 1. The van der Waals surface area contributed by atoms with Crippen LogP contribution in [0.15, 0.2) is 24.3 Å². The number of aliphatic hydroxyl groups is 3. The topological polar surface area (TPSA) is 147 Å². The molecule has 1 amide bonds. The van der Waals surface area contributed by atoms with Gasteiger partial charge < -0.3 is 30.8 Å². The predicted molar refractivity (Wildman–Crippen MR) is 77.6 cm³/mol. The SMILES string of the molecule is C[C@H](NC(=O)[C@H](O)[C@@H](O)C(=O)O)[C@H](O)c1cccc(O)c1.Cl. The van der Waals surface area contributed by atoms with Crippen LogP contribution < -0.4 is 5.32 Å². The van der Waals surface area contributed by atoms with Gasteiger partial charge in [0.2, 0.25) is 0 Å². The zero-order valence-corrected chi connectivity index (χ0v) is 12.4. The highest BCUT2D eigenvalue weighted by molar-refractivity contribution is 5.87. The van der Waals surface area contributed by atoms with Crippen molar-refractivity contribution in [3.8, 4) is 5.75 Å². The number of nitrogens with one attached hydrogen (secondary N) is 1. The number of hydrogen-bond donors (Lipinski definition) is 6. The average molecular weight is 336 g/mol. The summed E-state index contributed by atoms with van der Waals surface area (Å²) in [5.74, 6) is -2.93. The first-order chi connectivity index (χ1) is 9.73. The van der Waals surface area contributed by atoms with Gasteiger partial charge >= 0.3 is 5.97 Å². The minimum atomic E-state index is -2.25. The summed E-state index contributed by atoms with van der Waals surface area (Å²) in [5.41, 5.74) is 0.330. The van der Waals surface area contributed by atoms with Crippen molar-refractivity contribution in [3.05, 3.63) is 29.8 Å². The van der Waals surface area contributed by atoms with Crippen LogP contribution >= 0.6 is 12.4 Å². The third-order valence-corrected chi connectivity index (χ3v) is 2.88. The maximum absolute atomic E-state index is 11.6. The molecule has 1 rings (SSSR count). The first kappa shape index (κ1) is 20.1. The van der Waals surface area contributed by atoms with E-state index < -0.39 is 36.2 Å². The lowest BCUT2D eigenvalue weighted by atomic mass is 10.0. The molecule has 0 heterocycles. The summed E-state index contributed by atoms with van der Waals surface area (Å²) in [6, 6.07) is 4.86. The number of aliphatic carboxylic acids is 1. The van der Waals surface area contributed by atoms with E-state index in [4.69, 9.17) is 10.2 Å². The van der Waals surface area contributed by atoms with Gasteiger partial charge in [0, 0.05) is 0 Å². The Morgan fingerprint density at radius 2 is 1.73 bits per heavy atom. The van der Waals surface area contributed by atoms with Crippen molar-refractivity contribution >= 4 is 24.3 Å². The quantitative estimate of drug-likeness (QED) is 0.397. The van der Waals surface area contributed by atoms with E-state index in [1.54, 1.807) is 0 Å². The second kappa shape index (κ2) is 8.54. The van der Waals surface area contributed by atoms with Gasteiger partial charge in [-0.15, -0.1) is 12.4 Å². The molecule has 0 unspecified atom stereocenters. The van der Waals surface area contributed by atoms with Crippen molar-refractivity contribution in [2.45, 2.75) is 31.3 Å². The molecule has 0 saturated carbocycles. The lowest BCUT2D eigenvalue weighted by Gasteiger charge is -2.23. The molecule has 8 nitrogen and oxygen atoms in total. The molecule has 4 atom stereocenters. The minimum absolute atomic E-state index is 0. The number of halogens is 1. The Balaban J connectivity index is 0.00000441. The summed E-state index contributed by atoms with van der Waals surface area (Å²) in [7, 11) is 0. The fraction of sp³-hybridized carbons (Fsp3) is 0.385. The monoisotopic (exact) mass is 335 g/mol. The number of carbonyl (C=O) groups excluding carboxylic acids is 1. The van der Waals surface area contributed by atoms with E-state index in [1.165, 1.54) is 31.2 Å². The second-order valence-electron chi connectivity index (χ2n) is 4.56. The summed E-state index contributed by atoms with van der Waals surface area (Å²) in [6.07, 6.45) is -5.59. The summed E-state index contributed by atoms with van der Waals surface area (Å²) in [6.45, 7) is 1.42. The summed E-state index contributed by atoms with van der Waals surface area (Å²) < 4.78 is 0. The Hall–Kier alpha value is -1.87. The summed E-state index contributed by atoms with van der Waals surface area (Å²) in [4.78, 5) is 22.0. The Kier molecular flexibility index (Phi) is 7.82. The lowest BCUT2D eigenvalue weighted by molar-refractivity contribution is -0.158. The molecule has 0 aliphatic carbocycles. The van der Waals surface area contributed by atoms with Gasteiger partial charge in [-0.3, -0.25) is 4.79 Å². The molecule has 124 valence electrons. The molecule has 9 heteroatoms. The second-order valence-corrected chi connectivity index (χ2v) is 4.56. The highest BCUT2D eigenvalue weighted by Crippen LogP contribution is 2.20. The van der Waals surface area contributed by atoms with Crippen LogP contribution in [0.4, 0.5) is 0 Å². The number of hydrogen-bond acceptors (Lipinski definition) is 6. The van der Waals surface area contributed by atoms with Crippen LogP contribution in [-0.4, -0.2) is 55.7 Å². The Labute approximate surface area is 132 Å². The zero-order valence-electron chi connectivity index (χ0n) is 11.6. The maximum Gasteiger partial charge on any atom is 0.335 e. The number of phenolic OH excluding ortho intramolecular Hbond substituents is 1. The van der Waals surface area contributed by atoms with E-state index in [-0.39, 0.29) is 18.2 Å². The van der Waals surface area contributed by atoms with Gasteiger partial charge in [-0.05, 0) is 24.6 Å². The number of amides is 1. The van der Waals surface area contributed by atoms with Crippen LogP contribution in [0.25, 0.3) is 0 Å². The smallest absolute Gasteiger partial charge is 0.335 e. The van der Waals surface area contributed by atoms with Crippen LogP contribution in [0.5, 0.6) is 5.75 Å². The number of carboxylic acid groups (broad SMARTS) is 1. The summed E-state index contributed by atoms with van der Waals surface area (Å²) >= 11 is 0. The molecule has 0 aliphatic heterocycles. The minimum Gasteiger partial charge on any atom is -0.508 e. The van der Waals surface area contributed by atoms with Gasteiger partial charge in [0.1, 0.15) is 5.75 Å². The molecule has 0 spiro atoms. The largest absolute Gasteiger partial charge is 0.508 e. The van der Waals surface area contributed by atoms with Crippen molar-refractivity contribution in [3.63, 3.8) is 0 Å². The third kappa shape index (κ3) is 5.15. The standard InChI is InChI=1S/C13H17NO7.ClH/c1-6(9(16)7-3-2-4-8(15)5-7)14-12(19)10(17)11(18)13(20)21;/h2-6,9-11,15-18H,1H3,(H,14,19)(H,20,21);1H/t6-,9-,10+,11+;/m0./s1. The van der Waals surface area contributed by atoms with E-state index in [2.05, 4.69) is 5.32 Å². The third-order valence-electron chi connectivity index (χ3n) is 2.88. The van der Waals surface area contributed by atoms with Gasteiger partial charge in [0.25, 0.3) is 5.91 Å². The van der Waals surface area contributed by atoms with Crippen molar-refractivity contribution in [2.24, 2.45) is 0 Å². The van der Waals surface area contributed by atoms with Crippen LogP contribution in [-0.2, 0) is 9.59 Å². The van der Waals surface area contributed by atoms with Crippen LogP contribution in [0.1, 0.15) is 18.6 Å². The molecule has 0 bridgehead atoms. The molecule has 6 N–H and O–H groups in total. The number of carbonyl (C=O) groups is 2. The van der Waals surface area contributed by atoms with E-state index in [0.717, 1.165) is 0 Å². The molecule has 0 saturated heterocycles. The predicted octanol–water partition coefficient (Wildman–Crippen LogP) is -0.841. The first-order valence-electron chi connectivity index (χ1n) is 6.10. The molecular weight excluding hydrogens is 318 g/mol. The Bertz CT molecular complexity index is 525. The zero-order chi connectivity index (χ0) is 16.2. The number of carboxylic acids is 1. The first-order valence-corrected chi connectivity index (χ1v) is 6.10. The number of aromatic hydroxyl groups is 1. The summed E-state index contributed by atoms with van der Waals surface area (Å²) in [5, 5.41) is 48.4. The van der Waals surface area contributed by atoms with Gasteiger partial charge in [-0.2, -0.15) is 0 Å². The lowest BCUT2D eigenvalue weighted by Crippen LogP contribution is -2.49. The normalized spacial score (nSPS) is 15.8. The van der Waals surface area contributed by atoms with Gasteiger partial charge in [-0.1, -0.05) is 12.1 Å². The van der Waals surface area contributed by atoms with E-state index in [0.29, 0.717) is 5.56 Å². The van der Waals surface area contributed by atoms with E-state index in [1.807, 2.05) is 0 Å². The highest BCUT2D eigenvalue weighted by atomic mass is 35.5. The van der Waals surface area contributed by atoms with Crippen molar-refractivity contribution < 1.29 is 35.1 Å². The maximum atomic E-state index is 11.6. The van der Waals surface area contributed by atoms with Crippen molar-refractivity contribution in [1.29, 1.82) is 0 Å². The molecule has 0 radical (unpaired) electrons. The Morgan fingerprint density at radius 1 is 1.14 bits per heavy atom. The van der Waals surface area contributed by atoms with E-state index >= 15 is 0 Å². The van der Waals surface area contributed by atoms with Crippen molar-refractivity contribution in [2.75, 3.05) is 0 Å². The highest BCUT2D eigenvalue weighted by Gasteiger charge is 2.31. The Morgan fingerprint density at radius 3 is 2.23 bits per heavy atom. The molecule has 0 aliphatic rings. The van der Waals surface area contributed by atoms with E-state index in [9.17, 15) is 24.9 Å². The van der Waals surface area contributed by atoms with Gasteiger partial charge in [0.05, 0.1) is 12.1 Å². The molecule has 0 aromatic heterocycles. The average Bonchev–Trinajstić information content (AvgIpc) is 2.44. The fourth-order valence-electron chi connectivity index (χ4n) is 1.66. The molecule has 1 aromatic carbocycles. The van der Waals surface area contributed by atoms with Crippen LogP contribution in [0.2, 0.25) is 0 Å². The molecular formula is C13H18ClNO7. The van der Waals surface area contributed by atoms with Crippen molar-refractivity contribution in [1.82, 2.24) is 5.32 Å². The van der Waals surface area contributed by atoms with Crippen LogP contribution in [0.3, 0.4) is 0 Å². The molecule has 0 fully saturated rings. The molecule has 1 aromatic rings. The van der Waals surface area contributed by atoms with Gasteiger partial charge in [-0.25, -0.2) is 4.79 Å². The fourth-order valence-corrected chi connectivity index (χ4v) is 1.66. The number of benzene rings is 1. The van der Waals surface area contributed by atoms with Gasteiger partial charge in [0.15, 0.2) is 12.2 Å². The van der Waals surface area contributed by atoms with Crippen LogP contribution in [0, 0.1) is 0 Å². The number of rotatable bonds is 6. The molecule has 22 heavy (non-hydrogen) atoms. The number of aliphatic hydroxyl groups excluding tert-OH is 3.